The molecule has 158 valence electrons. The third kappa shape index (κ3) is 5.69. The number of hydrogen-bond acceptors (Lipinski definition) is 6. The van der Waals surface area contributed by atoms with Gasteiger partial charge < -0.3 is 5.32 Å². The molecule has 0 spiro atoms. The molecule has 6 nitrogen and oxygen atoms in total. The van der Waals surface area contributed by atoms with Crippen molar-refractivity contribution in [2.75, 3.05) is 25.2 Å². The molecule has 0 bridgehead atoms. The van der Waals surface area contributed by atoms with Crippen molar-refractivity contribution >= 4 is 44.2 Å². The van der Waals surface area contributed by atoms with Crippen LogP contribution in [0.15, 0.2) is 58.8 Å². The molecule has 3 aromatic rings. The molecule has 0 saturated heterocycles. The van der Waals surface area contributed by atoms with E-state index in [1.807, 2.05) is 12.3 Å². The quantitative estimate of drug-likeness (QED) is 0.543. The summed E-state index contributed by atoms with van der Waals surface area (Å²) in [6.07, 6.45) is 0. The van der Waals surface area contributed by atoms with E-state index in [0.29, 0.717) is 16.6 Å². The van der Waals surface area contributed by atoms with Crippen LogP contribution in [0.4, 0.5) is 5.13 Å². The Morgan fingerprint density at radius 2 is 1.77 bits per heavy atom. The Kier molecular flexibility index (Phi) is 7.30. The van der Waals surface area contributed by atoms with Gasteiger partial charge in [-0.1, -0.05) is 42.0 Å². The number of aromatic nitrogens is 1. The molecule has 0 aliphatic heterocycles. The number of nitrogens with one attached hydrogen (secondary N) is 1. The number of thioether (sulfide) groups is 1. The van der Waals surface area contributed by atoms with Crippen LogP contribution in [-0.2, 0) is 20.6 Å². The van der Waals surface area contributed by atoms with Gasteiger partial charge in [0, 0.05) is 30.8 Å². The van der Waals surface area contributed by atoms with Crippen LogP contribution in [0, 0.1) is 6.92 Å². The number of benzene rings is 2. The Morgan fingerprint density at radius 3 is 2.40 bits per heavy atom. The zero-order valence-corrected chi connectivity index (χ0v) is 19.4. The Balaban J connectivity index is 1.55. The molecule has 0 radical (unpaired) electrons. The van der Waals surface area contributed by atoms with Crippen LogP contribution in [-0.4, -0.2) is 43.5 Å². The summed E-state index contributed by atoms with van der Waals surface area (Å²) >= 11 is 2.89. The summed E-state index contributed by atoms with van der Waals surface area (Å²) in [6.45, 7) is 2.05. The van der Waals surface area contributed by atoms with Gasteiger partial charge in [-0.3, -0.25) is 4.79 Å². The van der Waals surface area contributed by atoms with Gasteiger partial charge in [-0.05, 0) is 24.6 Å². The Bertz CT molecular complexity index is 1110. The first-order chi connectivity index (χ1) is 14.3. The molecular formula is C21H23N3O3S3. The molecule has 2 aromatic carbocycles. The predicted octanol–water partition coefficient (Wildman–Crippen LogP) is 4.24. The first-order valence-corrected chi connectivity index (χ1v) is 12.6. The van der Waals surface area contributed by atoms with Crippen molar-refractivity contribution in [1.29, 1.82) is 0 Å². The number of nitrogens with zero attached hydrogens (tertiary/aromatic N) is 2. The maximum absolute atomic E-state index is 12.2. The number of hydrogen-bond donors (Lipinski definition) is 1. The molecule has 0 aliphatic rings. The monoisotopic (exact) mass is 461 g/mol. The summed E-state index contributed by atoms with van der Waals surface area (Å²) in [7, 11) is -0.466. The van der Waals surface area contributed by atoms with Crippen LogP contribution in [0.25, 0.3) is 11.3 Å². The molecule has 3 rings (SSSR count). The minimum absolute atomic E-state index is 0.0968. The minimum Gasteiger partial charge on any atom is -0.301 e. The molecule has 1 aromatic heterocycles. The second kappa shape index (κ2) is 9.74. The lowest BCUT2D eigenvalue weighted by Crippen LogP contribution is -2.22. The number of carbonyl (C=O) groups excluding carboxylic acids is 1. The number of anilines is 1. The first-order valence-electron chi connectivity index (χ1n) is 9.17. The van der Waals surface area contributed by atoms with E-state index in [4.69, 9.17) is 0 Å². The van der Waals surface area contributed by atoms with Gasteiger partial charge >= 0.3 is 0 Å². The van der Waals surface area contributed by atoms with Crippen LogP contribution in [0.5, 0.6) is 0 Å². The van der Waals surface area contributed by atoms with Crippen molar-refractivity contribution in [2.45, 2.75) is 17.6 Å². The van der Waals surface area contributed by atoms with Crippen LogP contribution in [0.2, 0.25) is 0 Å². The number of carbonyl (C=O) groups is 1. The fourth-order valence-corrected chi connectivity index (χ4v) is 5.00. The highest BCUT2D eigenvalue weighted by Gasteiger charge is 2.17. The van der Waals surface area contributed by atoms with Crippen molar-refractivity contribution in [3.05, 3.63) is 65.0 Å². The van der Waals surface area contributed by atoms with E-state index in [2.05, 4.69) is 34.6 Å². The molecule has 0 aliphatic carbocycles. The Labute approximate surface area is 185 Å². The highest BCUT2D eigenvalue weighted by Crippen LogP contribution is 2.26. The molecule has 0 atom stereocenters. The molecular weight excluding hydrogens is 438 g/mol. The van der Waals surface area contributed by atoms with Crippen molar-refractivity contribution in [3.8, 4) is 11.3 Å². The van der Waals surface area contributed by atoms with Gasteiger partial charge in [-0.2, -0.15) is 0 Å². The van der Waals surface area contributed by atoms with Gasteiger partial charge in [-0.15, -0.1) is 23.1 Å². The van der Waals surface area contributed by atoms with Crippen molar-refractivity contribution in [1.82, 2.24) is 9.29 Å². The lowest BCUT2D eigenvalue weighted by atomic mass is 10.2. The van der Waals surface area contributed by atoms with E-state index in [0.717, 1.165) is 11.3 Å². The molecule has 1 amide bonds. The highest BCUT2D eigenvalue weighted by atomic mass is 32.2. The Hall–Kier alpha value is -2.20. The smallest absolute Gasteiger partial charge is 0.242 e. The van der Waals surface area contributed by atoms with Gasteiger partial charge in [0.1, 0.15) is 0 Å². The summed E-state index contributed by atoms with van der Waals surface area (Å²) in [5.41, 5.74) is 3.89. The Morgan fingerprint density at radius 1 is 1.10 bits per heavy atom. The van der Waals surface area contributed by atoms with E-state index < -0.39 is 10.0 Å². The summed E-state index contributed by atoms with van der Waals surface area (Å²) in [6, 6.07) is 14.8. The number of aryl methyl sites for hydroxylation is 1. The molecule has 9 heteroatoms. The van der Waals surface area contributed by atoms with Crippen molar-refractivity contribution in [3.63, 3.8) is 0 Å². The molecule has 0 fully saturated rings. The lowest BCUT2D eigenvalue weighted by Gasteiger charge is -2.11. The summed E-state index contributed by atoms with van der Waals surface area (Å²) in [5, 5.41) is 5.18. The normalized spacial score (nSPS) is 11.6. The molecule has 0 saturated carbocycles. The van der Waals surface area contributed by atoms with E-state index in [-0.39, 0.29) is 10.8 Å². The van der Waals surface area contributed by atoms with Gasteiger partial charge in [0.25, 0.3) is 0 Å². The number of sulfonamides is 1. The SMILES string of the molecule is Cc1ccc(CSCC(=O)Nc2nc(-c3ccc(S(=O)(=O)N(C)C)cc3)cs2)cc1. The second-order valence-electron chi connectivity index (χ2n) is 6.88. The van der Waals surface area contributed by atoms with Gasteiger partial charge in [0.05, 0.1) is 16.3 Å². The summed E-state index contributed by atoms with van der Waals surface area (Å²) < 4.78 is 25.5. The van der Waals surface area contributed by atoms with Crippen molar-refractivity contribution in [2.24, 2.45) is 0 Å². The second-order valence-corrected chi connectivity index (χ2v) is 10.9. The van der Waals surface area contributed by atoms with Crippen molar-refractivity contribution < 1.29 is 13.2 Å². The topological polar surface area (TPSA) is 79.4 Å². The van der Waals surface area contributed by atoms with Crippen LogP contribution < -0.4 is 5.32 Å². The minimum atomic E-state index is -3.46. The van der Waals surface area contributed by atoms with Crippen LogP contribution in [0.1, 0.15) is 11.1 Å². The van der Waals surface area contributed by atoms with Gasteiger partial charge in [-0.25, -0.2) is 17.7 Å². The standard InChI is InChI=1S/C21H23N3O3S3/c1-15-4-6-16(7-5-15)12-28-14-20(25)23-21-22-19(13-29-21)17-8-10-18(11-9-17)30(26,27)24(2)3/h4-11,13H,12,14H2,1-3H3,(H,22,23,25). The molecule has 1 N–H and O–H groups in total. The first kappa shape index (κ1) is 22.5. The van der Waals surface area contributed by atoms with E-state index in [1.165, 1.54) is 40.9 Å². The average molecular weight is 462 g/mol. The maximum atomic E-state index is 12.2. The van der Waals surface area contributed by atoms with Crippen LogP contribution in [0.3, 0.4) is 0 Å². The van der Waals surface area contributed by atoms with Gasteiger partial charge in [0.2, 0.25) is 15.9 Å². The molecule has 30 heavy (non-hydrogen) atoms. The summed E-state index contributed by atoms with van der Waals surface area (Å²) in [4.78, 5) is 16.9. The lowest BCUT2D eigenvalue weighted by molar-refractivity contribution is -0.113. The zero-order valence-electron chi connectivity index (χ0n) is 17.0. The van der Waals surface area contributed by atoms with E-state index >= 15 is 0 Å². The van der Waals surface area contributed by atoms with E-state index in [9.17, 15) is 13.2 Å². The average Bonchev–Trinajstić information content (AvgIpc) is 3.18. The largest absolute Gasteiger partial charge is 0.301 e. The predicted molar refractivity (Wildman–Crippen MR) is 124 cm³/mol. The van der Waals surface area contributed by atoms with E-state index in [1.54, 1.807) is 36.0 Å². The molecule has 0 unspecified atom stereocenters. The zero-order chi connectivity index (χ0) is 21.7. The fourth-order valence-electron chi connectivity index (χ4n) is 2.57. The van der Waals surface area contributed by atoms with Gasteiger partial charge in [0.15, 0.2) is 5.13 Å². The number of rotatable bonds is 8. The third-order valence-electron chi connectivity index (χ3n) is 4.30. The number of amides is 1. The summed E-state index contributed by atoms with van der Waals surface area (Å²) in [5.74, 6) is 1.03. The molecule has 1 heterocycles. The fraction of sp³-hybridized carbons (Fsp3) is 0.238. The van der Waals surface area contributed by atoms with Crippen LogP contribution >= 0.6 is 23.1 Å². The maximum Gasteiger partial charge on any atom is 0.242 e. The number of thiazole rings is 1. The highest BCUT2D eigenvalue weighted by molar-refractivity contribution is 7.99. The third-order valence-corrected chi connectivity index (χ3v) is 7.89.